The first-order valence-electron chi connectivity index (χ1n) is 10.4. The van der Waals surface area contributed by atoms with Crippen LogP contribution in [0.15, 0.2) is 54.6 Å². The van der Waals surface area contributed by atoms with Gasteiger partial charge in [-0.25, -0.2) is 0 Å². The van der Waals surface area contributed by atoms with Crippen LogP contribution in [0.2, 0.25) is 0 Å². The Morgan fingerprint density at radius 1 is 0.852 bits per heavy atom. The van der Waals surface area contributed by atoms with E-state index in [0.29, 0.717) is 6.04 Å². The molecule has 0 saturated heterocycles. The lowest BCUT2D eigenvalue weighted by Crippen LogP contribution is -2.44. The Morgan fingerprint density at radius 3 is 2.04 bits per heavy atom. The minimum atomic E-state index is 0.522. The van der Waals surface area contributed by atoms with Crippen molar-refractivity contribution in [3.63, 3.8) is 0 Å². The van der Waals surface area contributed by atoms with Gasteiger partial charge < -0.3 is 10.2 Å². The van der Waals surface area contributed by atoms with Crippen molar-refractivity contribution < 1.29 is 0 Å². The van der Waals surface area contributed by atoms with E-state index < -0.39 is 0 Å². The first-order valence-corrected chi connectivity index (χ1v) is 10.8. The predicted molar refractivity (Wildman–Crippen MR) is 119 cm³/mol. The third-order valence-corrected chi connectivity index (χ3v) is 5.81. The molecule has 0 aromatic heterocycles. The van der Waals surface area contributed by atoms with Crippen molar-refractivity contribution in [3.05, 3.63) is 71.3 Å². The number of nitrogens with one attached hydrogen (secondary N) is 1. The molecule has 1 fully saturated rings. The van der Waals surface area contributed by atoms with Crippen LogP contribution in [0.4, 0.5) is 0 Å². The van der Waals surface area contributed by atoms with E-state index in [-0.39, 0.29) is 0 Å². The molecule has 27 heavy (non-hydrogen) atoms. The topological polar surface area (TPSA) is 15.3 Å². The van der Waals surface area contributed by atoms with Crippen molar-refractivity contribution in [2.24, 2.45) is 0 Å². The second-order valence-electron chi connectivity index (χ2n) is 7.82. The smallest absolute Gasteiger partial charge is 0.169 e. The van der Waals surface area contributed by atoms with Gasteiger partial charge in [-0.1, -0.05) is 92.3 Å². The van der Waals surface area contributed by atoms with Crippen molar-refractivity contribution in [2.45, 2.75) is 71.0 Å². The van der Waals surface area contributed by atoms with E-state index in [0.717, 1.165) is 18.2 Å². The van der Waals surface area contributed by atoms with Crippen LogP contribution in [-0.4, -0.2) is 16.1 Å². The standard InChI is InChI=1S/C24H32N2S/c1-20-14-16-22(17-15-20)19-26(18-21-10-6-5-7-11-21)24(27)25-23-12-8-3-2-4-9-13-23/h5-7,10-11,14-17,23H,2-4,8-9,12-13,18-19H2,1H3,(H,25,27). The van der Waals surface area contributed by atoms with Crippen molar-refractivity contribution in [1.82, 2.24) is 10.2 Å². The molecule has 0 radical (unpaired) electrons. The first-order chi connectivity index (χ1) is 13.2. The van der Waals surface area contributed by atoms with Gasteiger partial charge in [-0.3, -0.25) is 0 Å². The summed E-state index contributed by atoms with van der Waals surface area (Å²) in [7, 11) is 0. The average molecular weight is 381 g/mol. The molecule has 3 rings (SSSR count). The van der Waals surface area contributed by atoms with Crippen LogP contribution in [0, 0.1) is 6.92 Å². The molecule has 0 heterocycles. The van der Waals surface area contributed by atoms with Crippen LogP contribution < -0.4 is 5.32 Å². The van der Waals surface area contributed by atoms with Gasteiger partial charge in [0, 0.05) is 19.1 Å². The molecule has 0 spiro atoms. The van der Waals surface area contributed by atoms with Gasteiger partial charge in [0.2, 0.25) is 0 Å². The quantitative estimate of drug-likeness (QED) is 0.642. The first kappa shape index (κ1) is 19.9. The second kappa shape index (κ2) is 10.5. The number of hydrogen-bond acceptors (Lipinski definition) is 1. The fourth-order valence-corrected chi connectivity index (χ4v) is 4.08. The highest BCUT2D eigenvalue weighted by Crippen LogP contribution is 2.18. The number of benzene rings is 2. The fourth-order valence-electron chi connectivity index (χ4n) is 3.78. The second-order valence-corrected chi connectivity index (χ2v) is 8.21. The van der Waals surface area contributed by atoms with E-state index in [1.54, 1.807) is 0 Å². The minimum Gasteiger partial charge on any atom is -0.360 e. The molecule has 2 aromatic rings. The Kier molecular flexibility index (Phi) is 7.70. The molecule has 1 aliphatic rings. The molecule has 1 N–H and O–H groups in total. The van der Waals surface area contributed by atoms with Crippen LogP contribution in [0.5, 0.6) is 0 Å². The molecular formula is C24H32N2S. The molecule has 0 atom stereocenters. The van der Waals surface area contributed by atoms with Crippen LogP contribution in [0.1, 0.15) is 61.6 Å². The lowest BCUT2D eigenvalue weighted by atomic mass is 9.97. The molecule has 0 aliphatic heterocycles. The average Bonchev–Trinajstić information content (AvgIpc) is 2.66. The lowest BCUT2D eigenvalue weighted by Gasteiger charge is -2.30. The Balaban J connectivity index is 1.69. The van der Waals surface area contributed by atoms with Crippen LogP contribution in [-0.2, 0) is 13.1 Å². The van der Waals surface area contributed by atoms with Crippen molar-refractivity contribution in [2.75, 3.05) is 0 Å². The fraction of sp³-hybridized carbons (Fsp3) is 0.458. The summed E-state index contributed by atoms with van der Waals surface area (Å²) in [6.07, 6.45) is 9.23. The van der Waals surface area contributed by atoms with Gasteiger partial charge in [0.05, 0.1) is 0 Å². The number of nitrogens with zero attached hydrogens (tertiary/aromatic N) is 1. The van der Waals surface area contributed by atoms with E-state index in [1.807, 2.05) is 0 Å². The van der Waals surface area contributed by atoms with Gasteiger partial charge in [0.25, 0.3) is 0 Å². The molecule has 2 aromatic carbocycles. The Labute approximate surface area is 170 Å². The molecule has 144 valence electrons. The van der Waals surface area contributed by atoms with Crippen molar-refractivity contribution in [3.8, 4) is 0 Å². The van der Waals surface area contributed by atoms with Gasteiger partial charge in [-0.05, 0) is 43.1 Å². The molecule has 0 unspecified atom stereocenters. The number of hydrogen-bond donors (Lipinski definition) is 1. The SMILES string of the molecule is Cc1ccc(CN(Cc2ccccc2)C(=S)NC2CCCCCCC2)cc1. The molecule has 1 saturated carbocycles. The summed E-state index contributed by atoms with van der Waals surface area (Å²) in [5.41, 5.74) is 3.90. The summed E-state index contributed by atoms with van der Waals surface area (Å²) < 4.78 is 0. The molecule has 3 heteroatoms. The highest BCUT2D eigenvalue weighted by molar-refractivity contribution is 7.80. The monoisotopic (exact) mass is 380 g/mol. The van der Waals surface area contributed by atoms with Crippen LogP contribution in [0.3, 0.4) is 0 Å². The predicted octanol–water partition coefficient (Wildman–Crippen LogP) is 5.98. The van der Waals surface area contributed by atoms with E-state index >= 15 is 0 Å². The number of rotatable bonds is 5. The summed E-state index contributed by atoms with van der Waals surface area (Å²) in [4.78, 5) is 2.31. The van der Waals surface area contributed by atoms with E-state index in [9.17, 15) is 0 Å². The zero-order valence-corrected chi connectivity index (χ0v) is 17.3. The van der Waals surface area contributed by atoms with Crippen molar-refractivity contribution in [1.29, 1.82) is 0 Å². The van der Waals surface area contributed by atoms with Gasteiger partial charge >= 0.3 is 0 Å². The Morgan fingerprint density at radius 2 is 1.41 bits per heavy atom. The zero-order chi connectivity index (χ0) is 18.9. The molecule has 0 bridgehead atoms. The number of aryl methyl sites for hydroxylation is 1. The van der Waals surface area contributed by atoms with Gasteiger partial charge in [0.15, 0.2) is 5.11 Å². The number of thiocarbonyl (C=S) groups is 1. The minimum absolute atomic E-state index is 0.522. The third-order valence-electron chi connectivity index (χ3n) is 5.43. The van der Waals surface area contributed by atoms with Crippen LogP contribution >= 0.6 is 12.2 Å². The summed E-state index contributed by atoms with van der Waals surface area (Å²) >= 11 is 5.87. The summed E-state index contributed by atoms with van der Waals surface area (Å²) in [6, 6.07) is 19.9. The van der Waals surface area contributed by atoms with Gasteiger partial charge in [-0.15, -0.1) is 0 Å². The van der Waals surface area contributed by atoms with E-state index in [1.165, 1.54) is 61.6 Å². The maximum absolute atomic E-state index is 5.87. The third kappa shape index (κ3) is 6.66. The molecule has 0 amide bonds. The summed E-state index contributed by atoms with van der Waals surface area (Å²) in [5.74, 6) is 0. The Hall–Kier alpha value is -1.87. The summed E-state index contributed by atoms with van der Waals surface area (Å²) in [6.45, 7) is 3.81. The normalized spacial score (nSPS) is 15.6. The maximum atomic E-state index is 5.87. The molecule has 1 aliphatic carbocycles. The maximum Gasteiger partial charge on any atom is 0.169 e. The van der Waals surface area contributed by atoms with Gasteiger partial charge in [-0.2, -0.15) is 0 Å². The lowest BCUT2D eigenvalue weighted by molar-refractivity contribution is 0.370. The van der Waals surface area contributed by atoms with Crippen molar-refractivity contribution >= 4 is 17.3 Å². The van der Waals surface area contributed by atoms with E-state index in [2.05, 4.69) is 71.7 Å². The van der Waals surface area contributed by atoms with Crippen LogP contribution in [0.25, 0.3) is 0 Å². The Bertz CT molecular complexity index is 688. The van der Waals surface area contributed by atoms with Gasteiger partial charge in [0.1, 0.15) is 0 Å². The largest absolute Gasteiger partial charge is 0.360 e. The van der Waals surface area contributed by atoms with E-state index in [4.69, 9.17) is 12.2 Å². The summed E-state index contributed by atoms with van der Waals surface area (Å²) in [5, 5.41) is 4.59. The molecule has 2 nitrogen and oxygen atoms in total. The zero-order valence-electron chi connectivity index (χ0n) is 16.5. The highest BCUT2D eigenvalue weighted by atomic mass is 32.1. The highest BCUT2D eigenvalue weighted by Gasteiger charge is 2.17. The molecular weight excluding hydrogens is 348 g/mol.